The molecular weight excluding hydrogens is 500 g/mol. The summed E-state index contributed by atoms with van der Waals surface area (Å²) in [6.45, 7) is 3.26. The summed E-state index contributed by atoms with van der Waals surface area (Å²) >= 11 is 7.49. The Balaban J connectivity index is 2.10. The summed E-state index contributed by atoms with van der Waals surface area (Å²) in [7, 11) is 3.33. The number of thioether (sulfide) groups is 1. The van der Waals surface area contributed by atoms with Crippen molar-refractivity contribution in [1.82, 2.24) is 10.2 Å². The molecule has 0 heterocycles. The first kappa shape index (κ1) is 28.7. The van der Waals surface area contributed by atoms with Gasteiger partial charge in [0.05, 0.1) is 15.8 Å². The summed E-state index contributed by atoms with van der Waals surface area (Å²) < 4.78 is 0. The predicted molar refractivity (Wildman–Crippen MR) is 149 cm³/mol. The van der Waals surface area contributed by atoms with Gasteiger partial charge in [-0.1, -0.05) is 41.9 Å². The molecule has 7 N–H and O–H groups in total. The number of nitrogens with two attached hydrogens (primary N) is 2. The van der Waals surface area contributed by atoms with Crippen molar-refractivity contribution in [2.75, 3.05) is 25.2 Å². The van der Waals surface area contributed by atoms with Crippen LogP contribution in [0.3, 0.4) is 0 Å². The number of anilines is 2. The van der Waals surface area contributed by atoms with Crippen LogP contribution in [-0.2, 0) is 16.0 Å². The largest absolute Gasteiger partial charge is 0.369 e. The maximum Gasteiger partial charge on any atom is 0.272 e. The Morgan fingerprint density at radius 3 is 2.47 bits per heavy atom. The molecule has 1 atom stereocenters. The van der Waals surface area contributed by atoms with Crippen LogP contribution < -0.4 is 22.1 Å². The third kappa shape index (κ3) is 8.90. The number of nitrogens with one attached hydrogen (secondary N) is 3. The summed E-state index contributed by atoms with van der Waals surface area (Å²) in [6, 6.07) is 12.3. The van der Waals surface area contributed by atoms with Gasteiger partial charge >= 0.3 is 0 Å². The minimum Gasteiger partial charge on any atom is -0.369 e. The van der Waals surface area contributed by atoms with Crippen molar-refractivity contribution in [3.8, 4) is 0 Å². The molecule has 0 bridgehead atoms. The number of amides is 2. The van der Waals surface area contributed by atoms with Crippen molar-refractivity contribution in [3.63, 3.8) is 0 Å². The highest BCUT2D eigenvalue weighted by atomic mass is 35.5. The monoisotopic (exact) mass is 530 g/mol. The van der Waals surface area contributed by atoms with Crippen molar-refractivity contribution < 1.29 is 9.59 Å². The van der Waals surface area contributed by atoms with Crippen LogP contribution >= 0.6 is 23.4 Å². The Morgan fingerprint density at radius 1 is 1.14 bits per heavy atom. The van der Waals surface area contributed by atoms with Crippen LogP contribution in [0.4, 0.5) is 11.4 Å². The van der Waals surface area contributed by atoms with Gasteiger partial charge in [-0.15, -0.1) is 11.8 Å². The molecule has 1 unspecified atom stereocenters. The van der Waals surface area contributed by atoms with Crippen LogP contribution in [0.5, 0.6) is 0 Å². The summed E-state index contributed by atoms with van der Waals surface area (Å²) in [4.78, 5) is 33.3. The Hall–Kier alpha value is -3.57. The number of aryl methyl sites for hydroxylation is 1. The van der Waals surface area contributed by atoms with Gasteiger partial charge in [-0.3, -0.25) is 15.0 Å². The fourth-order valence-corrected chi connectivity index (χ4v) is 4.10. The SMILES string of the molecule is CC(=O)NC(CSC(=N)Cc1ccccc1Nc1c(C)cccc1Cl)C(=O)N=C(N)N=C(N)N(C)C. The number of carbonyl (C=O) groups excluding carboxylic acids is 2. The molecular formula is C24H31ClN8O2S. The lowest BCUT2D eigenvalue weighted by atomic mass is 10.1. The van der Waals surface area contributed by atoms with Gasteiger partial charge in [-0.25, -0.2) is 0 Å². The molecule has 0 aliphatic carbocycles. The fraction of sp³-hybridized carbons (Fsp3) is 0.292. The molecule has 2 aromatic carbocycles. The van der Waals surface area contributed by atoms with E-state index < -0.39 is 17.9 Å². The summed E-state index contributed by atoms with van der Waals surface area (Å²) in [5.41, 5.74) is 14.9. The molecule has 10 nitrogen and oxygen atoms in total. The number of hydrogen-bond acceptors (Lipinski definition) is 5. The minimum atomic E-state index is -0.985. The molecule has 36 heavy (non-hydrogen) atoms. The van der Waals surface area contributed by atoms with E-state index in [1.54, 1.807) is 14.1 Å². The first-order valence-electron chi connectivity index (χ1n) is 10.9. The number of rotatable bonds is 8. The van der Waals surface area contributed by atoms with E-state index in [4.69, 9.17) is 28.5 Å². The van der Waals surface area contributed by atoms with E-state index in [9.17, 15) is 9.59 Å². The van der Waals surface area contributed by atoms with E-state index in [0.29, 0.717) is 16.5 Å². The van der Waals surface area contributed by atoms with Gasteiger partial charge in [-0.05, 0) is 30.2 Å². The van der Waals surface area contributed by atoms with Crippen molar-refractivity contribution in [1.29, 1.82) is 5.41 Å². The normalized spacial score (nSPS) is 12.6. The number of para-hydroxylation sites is 2. The molecule has 0 aliphatic heterocycles. The molecule has 12 heteroatoms. The molecule has 0 radical (unpaired) electrons. The standard InChI is InChI=1S/C24H31ClN8O2S/c1-14-8-7-10-17(25)21(14)30-18-11-6-5-9-16(18)12-20(26)36-13-19(29-15(2)34)22(35)31-23(27)32-24(28)33(3)4/h5-11,19,26,30H,12-13H2,1-4H3,(H,29,34)(H4,27,28,31,32,35). The third-order valence-electron chi connectivity index (χ3n) is 4.86. The minimum absolute atomic E-state index is 0.0792. The Bertz CT molecular complexity index is 1160. The van der Waals surface area contributed by atoms with Crippen LogP contribution in [0, 0.1) is 12.3 Å². The lowest BCUT2D eigenvalue weighted by Crippen LogP contribution is -2.42. The maximum absolute atomic E-state index is 12.6. The zero-order valence-corrected chi connectivity index (χ0v) is 22.2. The van der Waals surface area contributed by atoms with Gasteiger partial charge in [-0.2, -0.15) is 9.98 Å². The zero-order chi connectivity index (χ0) is 26.8. The van der Waals surface area contributed by atoms with E-state index in [-0.39, 0.29) is 17.7 Å². The van der Waals surface area contributed by atoms with Crippen LogP contribution in [-0.4, -0.2) is 59.6 Å². The lowest BCUT2D eigenvalue weighted by molar-refractivity contribution is -0.125. The summed E-state index contributed by atoms with van der Waals surface area (Å²) in [5, 5.41) is 15.3. The van der Waals surface area contributed by atoms with Gasteiger partial charge in [0.1, 0.15) is 6.04 Å². The second-order valence-corrected chi connectivity index (χ2v) is 9.57. The first-order valence-corrected chi connectivity index (χ1v) is 12.3. The highest BCUT2D eigenvalue weighted by Gasteiger charge is 2.21. The van der Waals surface area contributed by atoms with E-state index in [1.165, 1.54) is 11.8 Å². The predicted octanol–water partition coefficient (Wildman–Crippen LogP) is 2.87. The fourth-order valence-electron chi connectivity index (χ4n) is 2.98. The molecule has 2 amide bonds. The maximum atomic E-state index is 12.6. The molecule has 2 rings (SSSR count). The van der Waals surface area contributed by atoms with E-state index in [2.05, 4.69) is 20.6 Å². The highest BCUT2D eigenvalue weighted by molar-refractivity contribution is 8.13. The second kappa shape index (κ2) is 13.5. The number of halogens is 1. The van der Waals surface area contributed by atoms with Crippen molar-refractivity contribution in [2.24, 2.45) is 21.5 Å². The Kier molecular flexibility index (Phi) is 10.8. The van der Waals surface area contributed by atoms with E-state index in [0.717, 1.165) is 34.3 Å². The average Bonchev–Trinajstić information content (AvgIpc) is 2.79. The smallest absolute Gasteiger partial charge is 0.272 e. The number of guanidine groups is 2. The molecule has 0 fully saturated rings. The number of benzene rings is 2. The van der Waals surface area contributed by atoms with Gasteiger partial charge in [0.2, 0.25) is 11.9 Å². The number of hydrogen-bond donors (Lipinski definition) is 5. The molecule has 0 spiro atoms. The van der Waals surface area contributed by atoms with Crippen molar-refractivity contribution in [2.45, 2.75) is 26.3 Å². The van der Waals surface area contributed by atoms with Crippen molar-refractivity contribution >= 4 is 63.5 Å². The second-order valence-electron chi connectivity index (χ2n) is 8.05. The highest BCUT2D eigenvalue weighted by Crippen LogP contribution is 2.30. The average molecular weight is 531 g/mol. The number of aliphatic imine (C=N–C) groups is 2. The van der Waals surface area contributed by atoms with E-state index >= 15 is 0 Å². The topological polar surface area (TPSA) is 162 Å². The van der Waals surface area contributed by atoms with Gasteiger partial charge < -0.3 is 27.0 Å². The van der Waals surface area contributed by atoms with Crippen LogP contribution in [0.2, 0.25) is 5.02 Å². The quantitative estimate of drug-likeness (QED) is 0.259. The van der Waals surface area contributed by atoms with Gasteiger partial charge in [0.25, 0.3) is 5.91 Å². The van der Waals surface area contributed by atoms with Gasteiger partial charge in [0, 0.05) is 38.9 Å². The molecule has 192 valence electrons. The van der Waals surface area contributed by atoms with Crippen molar-refractivity contribution in [3.05, 3.63) is 58.6 Å². The Labute approximate surface area is 220 Å². The first-order chi connectivity index (χ1) is 17.0. The molecule has 0 saturated carbocycles. The van der Waals surface area contributed by atoms with Crippen LogP contribution in [0.1, 0.15) is 18.1 Å². The number of carbonyl (C=O) groups is 2. The third-order valence-corrected chi connectivity index (χ3v) is 6.17. The zero-order valence-electron chi connectivity index (χ0n) is 20.6. The van der Waals surface area contributed by atoms with E-state index in [1.807, 2.05) is 49.4 Å². The molecule has 0 aliphatic rings. The number of nitrogens with zero attached hydrogens (tertiary/aromatic N) is 3. The van der Waals surface area contributed by atoms with Crippen LogP contribution in [0.25, 0.3) is 0 Å². The summed E-state index contributed by atoms with van der Waals surface area (Å²) in [6.07, 6.45) is 0.313. The van der Waals surface area contributed by atoms with Gasteiger partial charge in [0.15, 0.2) is 5.96 Å². The lowest BCUT2D eigenvalue weighted by Gasteiger charge is -2.17. The molecule has 2 aromatic rings. The molecule has 0 saturated heterocycles. The molecule has 0 aromatic heterocycles. The van der Waals surface area contributed by atoms with Crippen LogP contribution in [0.15, 0.2) is 52.4 Å². The Morgan fingerprint density at radius 2 is 1.83 bits per heavy atom. The summed E-state index contributed by atoms with van der Waals surface area (Å²) in [5.74, 6) is -1.24.